The summed E-state index contributed by atoms with van der Waals surface area (Å²) in [5.41, 5.74) is 3.45. The summed E-state index contributed by atoms with van der Waals surface area (Å²) < 4.78 is 95.3. The molecule has 0 radical (unpaired) electrons. The van der Waals surface area contributed by atoms with Crippen LogP contribution in [-0.4, -0.2) is 61.7 Å². The molecule has 0 bridgehead atoms. The number of carbonyl (C=O) groups excluding carboxylic acids is 2. The molecule has 3 heterocycles. The summed E-state index contributed by atoms with van der Waals surface area (Å²) in [7, 11) is 0. The molecule has 18 heteroatoms. The van der Waals surface area contributed by atoms with Crippen LogP contribution in [0.2, 0.25) is 5.15 Å². The Hall–Kier alpha value is -3.08. The number of hydrogen-bond donors (Lipinski definition) is 1. The first-order chi connectivity index (χ1) is 16.5. The lowest BCUT2D eigenvalue weighted by atomic mass is 10.1. The molecule has 0 spiro atoms. The lowest BCUT2D eigenvalue weighted by molar-refractivity contribution is -0.248. The normalized spacial score (nSPS) is 21.5. The number of aromatic nitrogens is 4. The number of fused-ring (bicyclic) bond motifs is 1. The number of rotatable bonds is 6. The highest BCUT2D eigenvalue weighted by Gasteiger charge is 2.54. The van der Waals surface area contributed by atoms with Gasteiger partial charge >= 0.3 is 30.0 Å². The Morgan fingerprint density at radius 2 is 1.83 bits per heavy atom. The maximum Gasteiger partial charge on any atom is 0.428 e. The molecule has 1 aliphatic rings. The maximum atomic E-state index is 13.6. The van der Waals surface area contributed by atoms with Crippen molar-refractivity contribution in [3.05, 3.63) is 15.6 Å². The minimum Gasteiger partial charge on any atom is -0.458 e. The van der Waals surface area contributed by atoms with Gasteiger partial charge in [-0.25, -0.2) is 9.36 Å². The lowest BCUT2D eigenvalue weighted by Crippen LogP contribution is -2.43. The summed E-state index contributed by atoms with van der Waals surface area (Å²) >= 11 is 6.01. The molecule has 2 aromatic rings. The number of nitrogens with two attached hydrogens (primary N) is 1. The second-order valence-corrected chi connectivity index (χ2v) is 8.09. The van der Waals surface area contributed by atoms with E-state index in [0.717, 1.165) is 13.8 Å². The Bertz CT molecular complexity index is 1230. The molecular formula is C18H18ClF6N5O6. The first-order valence-electron chi connectivity index (χ1n) is 10.1. The molecule has 1 fully saturated rings. The van der Waals surface area contributed by atoms with Gasteiger partial charge in [0.05, 0.1) is 6.42 Å². The minimum atomic E-state index is -5.12. The van der Waals surface area contributed by atoms with E-state index < -0.39 is 96.2 Å². The van der Waals surface area contributed by atoms with Gasteiger partial charge in [0.15, 0.2) is 17.0 Å². The van der Waals surface area contributed by atoms with Crippen LogP contribution in [0.1, 0.15) is 32.9 Å². The zero-order valence-electron chi connectivity index (χ0n) is 18.4. The van der Waals surface area contributed by atoms with Crippen molar-refractivity contribution in [2.45, 2.75) is 70.1 Å². The van der Waals surface area contributed by atoms with Crippen LogP contribution in [0.15, 0.2) is 4.79 Å². The van der Waals surface area contributed by atoms with Crippen LogP contribution in [0.3, 0.4) is 0 Å². The van der Waals surface area contributed by atoms with Crippen LogP contribution in [0.5, 0.6) is 0 Å². The van der Waals surface area contributed by atoms with E-state index in [1.807, 2.05) is 0 Å². The molecule has 11 nitrogen and oxygen atoms in total. The number of nitrogen functional groups attached to an aromatic ring is 1. The molecule has 0 aliphatic carbocycles. The molecule has 0 saturated carbocycles. The van der Waals surface area contributed by atoms with Crippen molar-refractivity contribution in [1.82, 2.24) is 19.1 Å². The summed E-state index contributed by atoms with van der Waals surface area (Å²) in [5, 5.41) is -0.512. The summed E-state index contributed by atoms with van der Waals surface area (Å²) in [6, 6.07) is 0. The van der Waals surface area contributed by atoms with Crippen molar-refractivity contribution >= 4 is 40.7 Å². The molecule has 200 valence electrons. The third-order valence-electron chi connectivity index (χ3n) is 5.02. The Labute approximate surface area is 202 Å². The van der Waals surface area contributed by atoms with Gasteiger partial charge in [-0.05, 0) is 0 Å². The average molecular weight is 550 g/mol. The van der Waals surface area contributed by atoms with E-state index in [1.165, 1.54) is 0 Å². The monoisotopic (exact) mass is 549 g/mol. The van der Waals surface area contributed by atoms with Crippen LogP contribution in [0, 0.1) is 0 Å². The number of anilines is 1. The quantitative estimate of drug-likeness (QED) is 0.327. The summed E-state index contributed by atoms with van der Waals surface area (Å²) in [6.45, 7) is 0.713. The highest BCUT2D eigenvalue weighted by atomic mass is 35.5. The molecule has 1 aliphatic heterocycles. The maximum absolute atomic E-state index is 13.6. The van der Waals surface area contributed by atoms with Crippen molar-refractivity contribution in [3.63, 3.8) is 0 Å². The number of carbonyl (C=O) groups is 2. The van der Waals surface area contributed by atoms with Gasteiger partial charge in [-0.2, -0.15) is 36.3 Å². The van der Waals surface area contributed by atoms with Crippen molar-refractivity contribution in [2.75, 3.05) is 5.73 Å². The SMILES string of the molecule is CC(=O)OC([C@@H]1C[C@@H](OC(C)=O)[C@H](n2c(=O)n(CCC(F)(F)F)c3c(Cl)nc(N)nc32)O1)C(F)(F)F. The largest absolute Gasteiger partial charge is 0.458 e. The van der Waals surface area contributed by atoms with Crippen LogP contribution in [0.4, 0.5) is 32.3 Å². The first-order valence-corrected chi connectivity index (χ1v) is 10.4. The van der Waals surface area contributed by atoms with Gasteiger partial charge in [0.25, 0.3) is 0 Å². The lowest BCUT2D eigenvalue weighted by Gasteiger charge is -2.25. The third-order valence-corrected chi connectivity index (χ3v) is 5.28. The van der Waals surface area contributed by atoms with E-state index in [-0.39, 0.29) is 0 Å². The Morgan fingerprint density at radius 1 is 1.19 bits per heavy atom. The van der Waals surface area contributed by atoms with Gasteiger partial charge in [0.2, 0.25) is 12.1 Å². The molecule has 0 aromatic carbocycles. The Morgan fingerprint density at radius 3 is 2.36 bits per heavy atom. The van der Waals surface area contributed by atoms with Gasteiger partial charge < -0.3 is 19.9 Å². The van der Waals surface area contributed by atoms with Crippen LogP contribution >= 0.6 is 11.6 Å². The summed E-state index contributed by atoms with van der Waals surface area (Å²) in [4.78, 5) is 43.5. The van der Waals surface area contributed by atoms with E-state index in [9.17, 15) is 40.7 Å². The Balaban J connectivity index is 2.17. The Kier molecular flexibility index (Phi) is 7.46. The molecule has 36 heavy (non-hydrogen) atoms. The highest BCUT2D eigenvalue weighted by Crippen LogP contribution is 2.39. The van der Waals surface area contributed by atoms with Gasteiger partial charge in [-0.15, -0.1) is 0 Å². The molecule has 0 amide bonds. The van der Waals surface area contributed by atoms with Gasteiger partial charge in [0, 0.05) is 26.8 Å². The van der Waals surface area contributed by atoms with E-state index in [4.69, 9.17) is 26.8 Å². The second-order valence-electron chi connectivity index (χ2n) is 7.73. The van der Waals surface area contributed by atoms with Crippen molar-refractivity contribution < 1.29 is 50.1 Å². The molecule has 1 saturated heterocycles. The number of nitrogens with zero attached hydrogens (tertiary/aromatic N) is 4. The smallest absolute Gasteiger partial charge is 0.428 e. The summed E-state index contributed by atoms with van der Waals surface area (Å²) in [6.07, 6.45) is -20.1. The standard InChI is InChI=1S/C18H18ClF6N5O6/c1-6(31)34-9-5-8(11(18(23,24)25)35-7(2)32)36-14(9)30-13-10(12(19)27-15(26)28-13)29(16(30)33)4-3-17(20,21)22/h8-9,11,14H,3-5H2,1-2H3,(H2,26,27,28)/t8-,9+,11?,14+/m0/s1. The summed E-state index contributed by atoms with van der Waals surface area (Å²) in [5.74, 6) is -2.77. The number of hydrogen-bond acceptors (Lipinski definition) is 9. The second kappa shape index (κ2) is 9.76. The number of esters is 2. The fraction of sp³-hybridized carbons (Fsp3) is 0.611. The predicted molar refractivity (Wildman–Crippen MR) is 108 cm³/mol. The van der Waals surface area contributed by atoms with Crippen LogP contribution < -0.4 is 11.4 Å². The average Bonchev–Trinajstić information content (AvgIpc) is 3.20. The minimum absolute atomic E-state index is 0.402. The topological polar surface area (TPSA) is 141 Å². The van der Waals surface area contributed by atoms with E-state index >= 15 is 0 Å². The molecule has 4 atom stereocenters. The van der Waals surface area contributed by atoms with Gasteiger partial charge in [-0.3, -0.25) is 14.2 Å². The molecule has 2 aromatic heterocycles. The highest BCUT2D eigenvalue weighted by molar-refractivity contribution is 6.33. The first kappa shape index (κ1) is 27.5. The predicted octanol–water partition coefficient (Wildman–Crippen LogP) is 2.49. The number of halogens is 7. The fourth-order valence-electron chi connectivity index (χ4n) is 3.77. The van der Waals surface area contributed by atoms with Gasteiger partial charge in [0.1, 0.15) is 17.7 Å². The molecule has 3 rings (SSSR count). The van der Waals surface area contributed by atoms with Crippen molar-refractivity contribution in [2.24, 2.45) is 0 Å². The fourth-order valence-corrected chi connectivity index (χ4v) is 4.04. The van der Waals surface area contributed by atoms with E-state index in [2.05, 4.69) is 14.7 Å². The number of alkyl halides is 6. The third kappa shape index (κ3) is 5.83. The molecule has 1 unspecified atom stereocenters. The number of aryl methyl sites for hydroxylation is 1. The number of imidazole rings is 1. The van der Waals surface area contributed by atoms with E-state index in [0.29, 0.717) is 9.13 Å². The van der Waals surface area contributed by atoms with Crippen molar-refractivity contribution in [3.8, 4) is 0 Å². The van der Waals surface area contributed by atoms with Crippen molar-refractivity contribution in [1.29, 1.82) is 0 Å². The molecule has 2 N–H and O–H groups in total. The van der Waals surface area contributed by atoms with Crippen LogP contribution in [0.25, 0.3) is 11.2 Å². The zero-order chi connectivity index (χ0) is 27.2. The van der Waals surface area contributed by atoms with E-state index in [1.54, 1.807) is 0 Å². The number of ether oxygens (including phenoxy) is 3. The van der Waals surface area contributed by atoms with Gasteiger partial charge in [-0.1, -0.05) is 11.6 Å². The zero-order valence-corrected chi connectivity index (χ0v) is 19.1. The molecular weight excluding hydrogens is 532 g/mol. The van der Waals surface area contributed by atoms with Crippen LogP contribution in [-0.2, 0) is 30.3 Å².